The summed E-state index contributed by atoms with van der Waals surface area (Å²) in [6.45, 7) is 1.39. The Morgan fingerprint density at radius 1 is 1.36 bits per heavy atom. The number of nitrogens with one attached hydrogen (secondary N) is 2. The number of phenols is 1. The highest BCUT2D eigenvalue weighted by Crippen LogP contribution is 2.41. The number of aliphatic hydroxyl groups excluding tert-OH is 2. The summed E-state index contributed by atoms with van der Waals surface area (Å²) in [6, 6.07) is 3.98. The zero-order chi connectivity index (χ0) is 26.4. The van der Waals surface area contributed by atoms with Crippen LogP contribution in [0.1, 0.15) is 18.5 Å². The molecule has 0 radical (unpaired) electrons. The number of phenolic OH excluding ortho intramolecular Hbond substituents is 1. The van der Waals surface area contributed by atoms with Crippen LogP contribution in [0, 0.1) is 0 Å². The summed E-state index contributed by atoms with van der Waals surface area (Å²) in [5.74, 6) is -1.45. The van der Waals surface area contributed by atoms with Gasteiger partial charge in [0.15, 0.2) is 0 Å². The number of benzene rings is 1. The summed E-state index contributed by atoms with van der Waals surface area (Å²) >= 11 is 2.70. The van der Waals surface area contributed by atoms with Gasteiger partial charge in [-0.15, -0.1) is 16.9 Å². The van der Waals surface area contributed by atoms with Gasteiger partial charge >= 0.3 is 5.97 Å². The number of thioether (sulfide) groups is 2. The first-order valence-electron chi connectivity index (χ1n) is 10.7. The number of hydrogen-bond acceptors (Lipinski definition) is 11. The van der Waals surface area contributed by atoms with Crippen LogP contribution in [0.15, 0.2) is 46.8 Å². The van der Waals surface area contributed by atoms with Gasteiger partial charge in [0.05, 0.1) is 18.9 Å². The van der Waals surface area contributed by atoms with Gasteiger partial charge < -0.3 is 31.5 Å². The van der Waals surface area contributed by atoms with Crippen LogP contribution in [0.5, 0.6) is 5.75 Å². The summed E-state index contributed by atoms with van der Waals surface area (Å²) in [7, 11) is 0. The molecule has 1 aromatic carbocycles. The third-order valence-corrected chi connectivity index (χ3v) is 7.46. The molecule has 2 aliphatic heterocycles. The maximum Gasteiger partial charge on any atom is 0.352 e. The fourth-order valence-electron chi connectivity index (χ4n) is 3.29. The molecule has 0 saturated carbocycles. The first kappa shape index (κ1) is 27.5. The molecule has 4 rings (SSSR count). The third kappa shape index (κ3) is 6.36. The number of aliphatic hydroxyl groups is 2. The Hall–Kier alpha value is -3.11. The molecule has 0 aliphatic carbocycles. The molecule has 194 valence electrons. The number of β-lactam (4-membered cyclic amide) rings is 1. The van der Waals surface area contributed by atoms with Crippen molar-refractivity contribution in [2.45, 2.75) is 35.5 Å². The van der Waals surface area contributed by atoms with E-state index in [0.29, 0.717) is 27.7 Å². The van der Waals surface area contributed by atoms with E-state index in [1.807, 2.05) is 0 Å². The Morgan fingerprint density at radius 2 is 2.03 bits per heavy atom. The lowest BCUT2D eigenvalue weighted by molar-refractivity contribution is -0.150. The molecule has 2 amide bonds. The fourth-order valence-corrected chi connectivity index (χ4v) is 5.56. The Bertz CT molecular complexity index is 1110. The van der Waals surface area contributed by atoms with E-state index in [1.54, 1.807) is 6.20 Å². The lowest BCUT2D eigenvalue weighted by Gasteiger charge is -2.49. The van der Waals surface area contributed by atoms with E-state index in [-0.39, 0.29) is 18.1 Å². The first-order chi connectivity index (χ1) is 17.1. The van der Waals surface area contributed by atoms with Gasteiger partial charge in [0.25, 0.3) is 5.91 Å². The van der Waals surface area contributed by atoms with Crippen molar-refractivity contribution < 1.29 is 34.8 Å². The molecule has 15 heteroatoms. The highest BCUT2D eigenvalue weighted by Gasteiger charge is 2.54. The van der Waals surface area contributed by atoms with Gasteiger partial charge in [-0.25, -0.2) is 4.79 Å². The van der Waals surface area contributed by atoms with Crippen LogP contribution in [0.2, 0.25) is 0 Å². The molecule has 13 nitrogen and oxygen atoms in total. The van der Waals surface area contributed by atoms with E-state index in [0.717, 1.165) is 0 Å². The third-order valence-electron chi connectivity index (χ3n) is 5.14. The second-order valence-corrected chi connectivity index (χ2v) is 9.96. The second kappa shape index (κ2) is 12.2. The van der Waals surface area contributed by atoms with Crippen LogP contribution >= 0.6 is 23.5 Å². The number of aromatic nitrogens is 3. The molecule has 1 fully saturated rings. The lowest BCUT2D eigenvalue weighted by Crippen LogP contribution is -2.71. The molecule has 8 N–H and O–H groups in total. The van der Waals surface area contributed by atoms with E-state index < -0.39 is 41.3 Å². The van der Waals surface area contributed by atoms with E-state index in [1.165, 1.54) is 59.6 Å². The Labute approximate surface area is 214 Å². The summed E-state index contributed by atoms with van der Waals surface area (Å²) in [5.41, 5.74) is 6.99. The van der Waals surface area contributed by atoms with E-state index in [4.69, 9.17) is 15.9 Å². The molecule has 2 aliphatic rings. The number of amides is 2. The molecular formula is C21H26N6O7S2. The molecule has 0 bridgehead atoms. The number of carbonyl (C=O) groups excluding carboxylic acids is 2. The second-order valence-electron chi connectivity index (χ2n) is 7.85. The maximum atomic E-state index is 12.7. The number of H-pyrrole nitrogens is 1. The summed E-state index contributed by atoms with van der Waals surface area (Å²) in [4.78, 5) is 38.4. The van der Waals surface area contributed by atoms with Crippen molar-refractivity contribution in [3.05, 3.63) is 47.3 Å². The Balaban J connectivity index is 0.000000658. The Kier molecular flexibility index (Phi) is 9.33. The fraction of sp³-hybridized carbons (Fsp3) is 0.381. The van der Waals surface area contributed by atoms with Gasteiger partial charge in [-0.3, -0.25) is 19.6 Å². The minimum Gasteiger partial charge on any atom is -0.508 e. The SMILES string of the molecule is CC(O)CO.N[C@@H](C(=O)N[C@@H]1C(=O)N2C(C(=O)O)=C(CSc3c[nH]nn3)CS[C@H]12)c1ccc(O)cc1. The van der Waals surface area contributed by atoms with E-state index >= 15 is 0 Å². The number of fused-ring (bicyclic) bond motifs is 1. The maximum absolute atomic E-state index is 12.7. The van der Waals surface area contributed by atoms with Crippen LogP contribution in [0.3, 0.4) is 0 Å². The number of rotatable bonds is 8. The van der Waals surface area contributed by atoms with E-state index in [2.05, 4.69) is 20.7 Å². The molecule has 3 heterocycles. The van der Waals surface area contributed by atoms with Crippen LogP contribution in [0.4, 0.5) is 0 Å². The number of hydrogen-bond donors (Lipinski definition) is 7. The minimum atomic E-state index is -1.19. The van der Waals surface area contributed by atoms with Crippen molar-refractivity contribution in [3.63, 3.8) is 0 Å². The molecule has 36 heavy (non-hydrogen) atoms. The van der Waals surface area contributed by atoms with Crippen LogP contribution in [0.25, 0.3) is 0 Å². The Morgan fingerprint density at radius 3 is 2.58 bits per heavy atom. The van der Waals surface area contributed by atoms with Gasteiger partial charge in [-0.1, -0.05) is 29.1 Å². The predicted molar refractivity (Wildman–Crippen MR) is 131 cm³/mol. The molecule has 0 spiro atoms. The molecule has 1 saturated heterocycles. The number of carboxylic acids is 1. The number of nitrogens with zero attached hydrogens (tertiary/aromatic N) is 3. The molecule has 4 atom stereocenters. The minimum absolute atomic E-state index is 0.0466. The highest BCUT2D eigenvalue weighted by molar-refractivity contribution is 8.01. The van der Waals surface area contributed by atoms with Crippen molar-refractivity contribution in [3.8, 4) is 5.75 Å². The zero-order valence-electron chi connectivity index (χ0n) is 19.1. The number of aromatic amines is 1. The number of carboxylic acid groups (broad SMARTS) is 1. The van der Waals surface area contributed by atoms with Crippen LogP contribution in [-0.2, 0) is 14.4 Å². The van der Waals surface area contributed by atoms with Crippen molar-refractivity contribution in [2.24, 2.45) is 5.73 Å². The first-order valence-corrected chi connectivity index (χ1v) is 12.7. The number of aliphatic carboxylic acids is 1. The highest BCUT2D eigenvalue weighted by atomic mass is 32.2. The lowest BCUT2D eigenvalue weighted by atomic mass is 10.0. The zero-order valence-corrected chi connectivity index (χ0v) is 20.7. The van der Waals surface area contributed by atoms with Gasteiger partial charge in [0.1, 0.15) is 33.9 Å². The molecule has 2 aromatic rings. The summed E-state index contributed by atoms with van der Waals surface area (Å²) in [5, 5.41) is 47.8. The molecule has 1 unspecified atom stereocenters. The van der Waals surface area contributed by atoms with E-state index in [9.17, 15) is 24.6 Å². The quantitative estimate of drug-likeness (QED) is 0.166. The van der Waals surface area contributed by atoms with Crippen molar-refractivity contribution in [1.29, 1.82) is 0 Å². The number of aromatic hydroxyl groups is 1. The van der Waals surface area contributed by atoms with Crippen molar-refractivity contribution >= 4 is 41.3 Å². The van der Waals surface area contributed by atoms with Crippen LogP contribution < -0.4 is 11.1 Å². The van der Waals surface area contributed by atoms with Crippen molar-refractivity contribution in [1.82, 2.24) is 25.6 Å². The summed E-state index contributed by atoms with van der Waals surface area (Å²) < 4.78 is 0. The van der Waals surface area contributed by atoms with Crippen LogP contribution in [-0.4, -0.2) is 94.2 Å². The smallest absolute Gasteiger partial charge is 0.352 e. The average molecular weight is 539 g/mol. The normalized spacial score (nSPS) is 20.4. The molecule has 1 aromatic heterocycles. The van der Waals surface area contributed by atoms with Gasteiger partial charge in [-0.2, -0.15) is 0 Å². The summed E-state index contributed by atoms with van der Waals surface area (Å²) in [6.07, 6.45) is 1.04. The van der Waals surface area contributed by atoms with Gasteiger partial charge in [-0.05, 0) is 30.2 Å². The van der Waals surface area contributed by atoms with Gasteiger partial charge in [0, 0.05) is 11.5 Å². The van der Waals surface area contributed by atoms with Crippen molar-refractivity contribution in [2.75, 3.05) is 18.1 Å². The number of nitrogens with two attached hydrogens (primary N) is 1. The monoisotopic (exact) mass is 538 g/mol. The topological polar surface area (TPSA) is 215 Å². The average Bonchev–Trinajstić information content (AvgIpc) is 3.39. The molecular weight excluding hydrogens is 512 g/mol. The largest absolute Gasteiger partial charge is 0.508 e. The predicted octanol–water partition coefficient (Wildman–Crippen LogP) is -0.599. The van der Waals surface area contributed by atoms with Gasteiger partial charge in [0.2, 0.25) is 5.91 Å². The number of carbonyl (C=O) groups is 3. The standard InChI is InChI=1S/C18H18N6O5S2.C3H8O2/c19-12(8-1-3-10(25)4-2-8)15(26)21-13-16(27)24-14(18(28)29)9(7-31-17(13)24)6-30-11-5-20-23-22-11;1-3(5)2-4/h1-5,12-13,17,25H,6-7,19H2,(H,21,26)(H,28,29)(H,20,22,23);3-5H,2H2,1H3/t12-,13-,17-;/m1./s1.